The summed E-state index contributed by atoms with van der Waals surface area (Å²) in [6.45, 7) is 2.01. The van der Waals surface area contributed by atoms with E-state index in [1.807, 2.05) is 49.4 Å². The number of hydrogen-bond acceptors (Lipinski definition) is 2. The van der Waals surface area contributed by atoms with Gasteiger partial charge in [0.1, 0.15) is 0 Å². The molecule has 3 nitrogen and oxygen atoms in total. The number of halogens is 1. The van der Waals surface area contributed by atoms with Crippen LogP contribution in [0.1, 0.15) is 15.9 Å². The molecule has 0 aliphatic heterocycles. The molecular weight excluding hydrogens is 383 g/mol. The number of carbonyl (C=O) groups is 1. The molecule has 0 heterocycles. The molecule has 0 radical (unpaired) electrons. The third kappa shape index (κ3) is 4.01. The van der Waals surface area contributed by atoms with Gasteiger partial charge in [0.2, 0.25) is 0 Å². The van der Waals surface area contributed by atoms with Gasteiger partial charge in [-0.3, -0.25) is 10.1 Å². The molecule has 102 valence electrons. The minimum Gasteiger partial charge on any atom is -0.332 e. The zero-order valence-corrected chi connectivity index (χ0v) is 13.8. The number of amides is 1. The van der Waals surface area contributed by atoms with Gasteiger partial charge < -0.3 is 5.32 Å². The molecule has 0 saturated carbocycles. The molecule has 2 aromatic carbocycles. The highest BCUT2D eigenvalue weighted by atomic mass is 127. The van der Waals surface area contributed by atoms with Gasteiger partial charge in [0.05, 0.1) is 0 Å². The third-order valence-electron chi connectivity index (χ3n) is 2.69. The van der Waals surface area contributed by atoms with Crippen LogP contribution in [-0.2, 0) is 0 Å². The zero-order valence-electron chi connectivity index (χ0n) is 10.8. The third-order valence-corrected chi connectivity index (χ3v) is 4.06. The van der Waals surface area contributed by atoms with E-state index < -0.39 is 0 Å². The van der Waals surface area contributed by atoms with Crippen LogP contribution < -0.4 is 10.6 Å². The predicted molar refractivity (Wildman–Crippen MR) is 94.0 cm³/mol. The van der Waals surface area contributed by atoms with Crippen molar-refractivity contribution in [3.05, 3.63) is 63.2 Å². The van der Waals surface area contributed by atoms with Gasteiger partial charge in [-0.05, 0) is 71.6 Å². The molecular formula is C15H13IN2OS. The smallest absolute Gasteiger partial charge is 0.257 e. The molecule has 0 aromatic heterocycles. The van der Waals surface area contributed by atoms with Crippen molar-refractivity contribution < 1.29 is 4.79 Å². The Morgan fingerprint density at radius 2 is 1.85 bits per heavy atom. The molecule has 0 bridgehead atoms. The average molecular weight is 396 g/mol. The number of para-hydroxylation sites is 1. The summed E-state index contributed by atoms with van der Waals surface area (Å²) < 4.78 is 1.05. The van der Waals surface area contributed by atoms with Gasteiger partial charge in [-0.15, -0.1) is 0 Å². The van der Waals surface area contributed by atoms with E-state index in [0.29, 0.717) is 5.56 Å². The summed E-state index contributed by atoms with van der Waals surface area (Å²) in [5, 5.41) is 5.92. The van der Waals surface area contributed by atoms with E-state index in [1.165, 1.54) is 0 Å². The highest BCUT2D eigenvalue weighted by molar-refractivity contribution is 14.1. The minimum atomic E-state index is -0.212. The summed E-state index contributed by atoms with van der Waals surface area (Å²) in [6.07, 6.45) is 0. The van der Waals surface area contributed by atoms with E-state index in [0.717, 1.165) is 14.8 Å². The first-order valence-electron chi connectivity index (χ1n) is 6.00. The Morgan fingerprint density at radius 3 is 2.50 bits per heavy atom. The number of hydrogen-bond donors (Lipinski definition) is 2. The van der Waals surface area contributed by atoms with Gasteiger partial charge >= 0.3 is 0 Å². The summed E-state index contributed by atoms with van der Waals surface area (Å²) in [6, 6.07) is 15.0. The van der Waals surface area contributed by atoms with Crippen LogP contribution in [0, 0.1) is 10.5 Å². The van der Waals surface area contributed by atoms with Gasteiger partial charge in [0, 0.05) is 14.8 Å². The molecule has 0 spiro atoms. The number of anilines is 1. The molecule has 2 aromatic rings. The number of benzene rings is 2. The van der Waals surface area contributed by atoms with Gasteiger partial charge in [-0.2, -0.15) is 0 Å². The summed E-state index contributed by atoms with van der Waals surface area (Å²) in [5.41, 5.74) is 2.58. The van der Waals surface area contributed by atoms with Crippen LogP contribution in [0.2, 0.25) is 0 Å². The Balaban J connectivity index is 2.00. The lowest BCUT2D eigenvalue weighted by atomic mass is 10.1. The molecule has 0 atom stereocenters. The maximum Gasteiger partial charge on any atom is 0.257 e. The Labute approximate surface area is 136 Å². The fraction of sp³-hybridized carbons (Fsp3) is 0.0667. The highest BCUT2D eigenvalue weighted by Gasteiger charge is 2.09. The van der Waals surface area contributed by atoms with Gasteiger partial charge in [-0.25, -0.2) is 0 Å². The molecule has 0 fully saturated rings. The maximum atomic E-state index is 12.1. The highest BCUT2D eigenvalue weighted by Crippen LogP contribution is 2.13. The van der Waals surface area contributed by atoms with Crippen LogP contribution in [0.3, 0.4) is 0 Å². The van der Waals surface area contributed by atoms with E-state index in [4.69, 9.17) is 12.2 Å². The fourth-order valence-corrected chi connectivity index (χ4v) is 2.32. The Hall–Kier alpha value is -1.47. The van der Waals surface area contributed by atoms with Crippen molar-refractivity contribution in [1.82, 2.24) is 5.32 Å². The number of aryl methyl sites for hydroxylation is 1. The van der Waals surface area contributed by atoms with Gasteiger partial charge in [0.25, 0.3) is 5.91 Å². The molecule has 0 aliphatic rings. The topological polar surface area (TPSA) is 41.1 Å². The second kappa shape index (κ2) is 6.81. The van der Waals surface area contributed by atoms with Crippen LogP contribution in [0.25, 0.3) is 0 Å². The second-order valence-corrected chi connectivity index (χ2v) is 5.81. The summed E-state index contributed by atoms with van der Waals surface area (Å²) in [5.74, 6) is -0.212. The minimum absolute atomic E-state index is 0.212. The summed E-state index contributed by atoms with van der Waals surface area (Å²) >= 11 is 7.33. The van der Waals surface area contributed by atoms with Crippen molar-refractivity contribution in [1.29, 1.82) is 0 Å². The molecule has 0 saturated heterocycles. The average Bonchev–Trinajstić information content (AvgIpc) is 2.42. The molecule has 2 N–H and O–H groups in total. The van der Waals surface area contributed by atoms with E-state index in [1.54, 1.807) is 6.07 Å². The number of nitrogens with one attached hydrogen (secondary N) is 2. The van der Waals surface area contributed by atoms with Crippen molar-refractivity contribution >= 4 is 51.5 Å². The van der Waals surface area contributed by atoms with Crippen LogP contribution in [-0.4, -0.2) is 11.0 Å². The van der Waals surface area contributed by atoms with Gasteiger partial charge in [0.15, 0.2) is 5.11 Å². The number of rotatable bonds is 2. The standard InChI is InChI=1S/C15H13IN2OS/c1-10-7-8-11(9-13(10)16)14(19)18-15(20)17-12-5-3-2-4-6-12/h2-9H,1H3,(H2,17,18,19,20). The first kappa shape index (κ1) is 14.9. The van der Waals surface area contributed by atoms with Gasteiger partial charge in [-0.1, -0.05) is 24.3 Å². The lowest BCUT2D eigenvalue weighted by molar-refractivity contribution is 0.0977. The molecule has 2 rings (SSSR count). The SMILES string of the molecule is Cc1ccc(C(=O)NC(=S)Nc2ccccc2)cc1I. The Morgan fingerprint density at radius 1 is 1.15 bits per heavy atom. The van der Waals surface area contributed by atoms with E-state index in [-0.39, 0.29) is 11.0 Å². The van der Waals surface area contributed by atoms with Crippen molar-refractivity contribution in [3.8, 4) is 0 Å². The van der Waals surface area contributed by atoms with Crippen LogP contribution in [0.4, 0.5) is 5.69 Å². The monoisotopic (exact) mass is 396 g/mol. The molecule has 0 unspecified atom stereocenters. The Bertz CT molecular complexity index is 644. The predicted octanol–water partition coefficient (Wildman–Crippen LogP) is 3.73. The largest absolute Gasteiger partial charge is 0.332 e. The van der Waals surface area contributed by atoms with Crippen LogP contribution >= 0.6 is 34.8 Å². The quantitative estimate of drug-likeness (QED) is 0.601. The van der Waals surface area contributed by atoms with E-state index in [9.17, 15) is 4.79 Å². The Kier molecular flexibility index (Phi) is 5.08. The van der Waals surface area contributed by atoms with Crippen molar-refractivity contribution in [2.45, 2.75) is 6.92 Å². The first-order chi connectivity index (χ1) is 9.56. The van der Waals surface area contributed by atoms with Crippen molar-refractivity contribution in [3.63, 3.8) is 0 Å². The maximum absolute atomic E-state index is 12.1. The lowest BCUT2D eigenvalue weighted by Crippen LogP contribution is -2.34. The van der Waals surface area contributed by atoms with Crippen molar-refractivity contribution in [2.24, 2.45) is 0 Å². The zero-order chi connectivity index (χ0) is 14.5. The summed E-state index contributed by atoms with van der Waals surface area (Å²) in [7, 11) is 0. The molecule has 1 amide bonds. The molecule has 0 aliphatic carbocycles. The summed E-state index contributed by atoms with van der Waals surface area (Å²) in [4.78, 5) is 12.1. The number of thiocarbonyl (C=S) groups is 1. The van der Waals surface area contributed by atoms with Crippen molar-refractivity contribution in [2.75, 3.05) is 5.32 Å². The number of carbonyl (C=O) groups excluding carboxylic acids is 1. The second-order valence-electron chi connectivity index (χ2n) is 4.24. The lowest BCUT2D eigenvalue weighted by Gasteiger charge is -2.10. The normalized spacial score (nSPS) is 9.90. The molecule has 5 heteroatoms. The van der Waals surface area contributed by atoms with E-state index >= 15 is 0 Å². The van der Waals surface area contributed by atoms with Crippen LogP contribution in [0.5, 0.6) is 0 Å². The van der Waals surface area contributed by atoms with Crippen LogP contribution in [0.15, 0.2) is 48.5 Å². The first-order valence-corrected chi connectivity index (χ1v) is 7.48. The molecule has 20 heavy (non-hydrogen) atoms. The van der Waals surface area contributed by atoms with E-state index in [2.05, 4.69) is 33.2 Å². The fourth-order valence-electron chi connectivity index (χ4n) is 1.59.